The van der Waals surface area contributed by atoms with Crippen LogP contribution in [0.5, 0.6) is 0 Å². The predicted molar refractivity (Wildman–Crippen MR) is 63.1 cm³/mol. The summed E-state index contributed by atoms with van der Waals surface area (Å²) < 4.78 is 34.6. The van der Waals surface area contributed by atoms with Crippen LogP contribution in [0.15, 0.2) is 16.5 Å². The summed E-state index contributed by atoms with van der Waals surface area (Å²) in [6.07, 6.45) is -2.51. The van der Waals surface area contributed by atoms with Gasteiger partial charge in [-0.05, 0) is 19.1 Å². The van der Waals surface area contributed by atoms with Crippen LogP contribution in [-0.4, -0.2) is 49.2 Å². The first-order valence-electron chi connectivity index (χ1n) is 5.80. The molecule has 0 saturated carbocycles. The van der Waals surface area contributed by atoms with Crippen LogP contribution in [0.4, 0.5) is 8.78 Å². The summed E-state index contributed by atoms with van der Waals surface area (Å²) in [4.78, 5) is 12.6. The maximum absolute atomic E-state index is 12.4. The van der Waals surface area contributed by atoms with Crippen LogP contribution in [0.3, 0.4) is 0 Å². The van der Waals surface area contributed by atoms with Gasteiger partial charge in [-0.15, -0.1) is 0 Å². The van der Waals surface area contributed by atoms with Gasteiger partial charge >= 0.3 is 5.97 Å². The van der Waals surface area contributed by atoms with E-state index in [1.54, 1.807) is 6.92 Å². The number of alkyl halides is 2. The highest BCUT2D eigenvalue weighted by molar-refractivity contribution is 5.86. The highest BCUT2D eigenvalue weighted by atomic mass is 19.3. The fourth-order valence-corrected chi connectivity index (χ4v) is 1.72. The second-order valence-electron chi connectivity index (χ2n) is 3.98. The van der Waals surface area contributed by atoms with Crippen molar-refractivity contribution in [2.45, 2.75) is 19.4 Å². The summed E-state index contributed by atoms with van der Waals surface area (Å²) in [7, 11) is 1.23. The van der Waals surface area contributed by atoms with Gasteiger partial charge in [0.15, 0.2) is 0 Å². The Kier molecular flexibility index (Phi) is 5.91. The van der Waals surface area contributed by atoms with Crippen LogP contribution in [-0.2, 0) is 4.74 Å². The van der Waals surface area contributed by atoms with Crippen molar-refractivity contribution in [3.05, 3.63) is 23.7 Å². The number of ether oxygens (including phenoxy) is 1. The lowest BCUT2D eigenvalue weighted by atomic mass is 10.2. The molecule has 1 atom stereocenters. The Balaban J connectivity index is 2.80. The van der Waals surface area contributed by atoms with Gasteiger partial charge in [0.2, 0.25) is 5.76 Å². The van der Waals surface area contributed by atoms with E-state index >= 15 is 0 Å². The predicted octanol–water partition coefficient (Wildman–Crippen LogP) is 1.69. The SMILES string of the molecule is COC(=O)c1ccc(C(C)N(CCO)CC(F)F)o1. The molecule has 0 radical (unpaired) electrons. The van der Waals surface area contributed by atoms with E-state index in [1.165, 1.54) is 24.1 Å². The molecule has 1 aromatic heterocycles. The van der Waals surface area contributed by atoms with Crippen LogP contribution in [0, 0.1) is 0 Å². The molecule has 1 N–H and O–H groups in total. The zero-order valence-electron chi connectivity index (χ0n) is 10.8. The molecular weight excluding hydrogens is 260 g/mol. The normalized spacial score (nSPS) is 13.0. The fourth-order valence-electron chi connectivity index (χ4n) is 1.72. The van der Waals surface area contributed by atoms with Gasteiger partial charge < -0.3 is 14.3 Å². The molecule has 5 nitrogen and oxygen atoms in total. The van der Waals surface area contributed by atoms with E-state index in [9.17, 15) is 13.6 Å². The summed E-state index contributed by atoms with van der Waals surface area (Å²) >= 11 is 0. The van der Waals surface area contributed by atoms with Crippen LogP contribution in [0.25, 0.3) is 0 Å². The number of rotatable bonds is 7. The quantitative estimate of drug-likeness (QED) is 0.768. The van der Waals surface area contributed by atoms with E-state index in [-0.39, 0.29) is 18.9 Å². The number of carbonyl (C=O) groups excluding carboxylic acids is 1. The summed E-state index contributed by atoms with van der Waals surface area (Å²) in [5, 5.41) is 8.89. The maximum Gasteiger partial charge on any atom is 0.373 e. The lowest BCUT2D eigenvalue weighted by Crippen LogP contribution is -2.33. The summed E-state index contributed by atoms with van der Waals surface area (Å²) in [6.45, 7) is 1.05. The highest BCUT2D eigenvalue weighted by Gasteiger charge is 2.23. The van der Waals surface area contributed by atoms with Crippen molar-refractivity contribution in [2.75, 3.05) is 26.8 Å². The Bertz CT molecular complexity index is 408. The lowest BCUT2D eigenvalue weighted by Gasteiger charge is -2.26. The lowest BCUT2D eigenvalue weighted by molar-refractivity contribution is 0.0488. The van der Waals surface area contributed by atoms with Crippen molar-refractivity contribution in [3.8, 4) is 0 Å². The number of nitrogens with zero attached hydrogens (tertiary/aromatic N) is 1. The third-order valence-electron chi connectivity index (χ3n) is 2.73. The Morgan fingerprint density at radius 1 is 1.53 bits per heavy atom. The molecule has 1 rings (SSSR count). The Morgan fingerprint density at radius 2 is 2.21 bits per heavy atom. The molecule has 1 aromatic rings. The Labute approximate surface area is 109 Å². The molecule has 0 saturated heterocycles. The molecule has 0 aliphatic rings. The van der Waals surface area contributed by atoms with Crippen molar-refractivity contribution < 1.29 is 27.8 Å². The monoisotopic (exact) mass is 277 g/mol. The second kappa shape index (κ2) is 7.20. The molecule has 0 aliphatic carbocycles. The zero-order valence-corrected chi connectivity index (χ0v) is 10.8. The first-order chi connectivity index (χ1) is 8.99. The Hall–Kier alpha value is -1.47. The van der Waals surface area contributed by atoms with Crippen LogP contribution in [0.1, 0.15) is 29.3 Å². The second-order valence-corrected chi connectivity index (χ2v) is 3.98. The maximum atomic E-state index is 12.4. The van der Waals surface area contributed by atoms with Gasteiger partial charge in [-0.1, -0.05) is 0 Å². The van der Waals surface area contributed by atoms with E-state index < -0.39 is 25.0 Å². The largest absolute Gasteiger partial charge is 0.463 e. The van der Waals surface area contributed by atoms with Crippen molar-refractivity contribution in [1.82, 2.24) is 4.90 Å². The van der Waals surface area contributed by atoms with Crippen molar-refractivity contribution in [1.29, 1.82) is 0 Å². The minimum Gasteiger partial charge on any atom is -0.463 e. The first kappa shape index (κ1) is 15.6. The van der Waals surface area contributed by atoms with Crippen LogP contribution < -0.4 is 0 Å². The number of hydrogen-bond acceptors (Lipinski definition) is 5. The van der Waals surface area contributed by atoms with Gasteiger partial charge in [-0.25, -0.2) is 13.6 Å². The van der Waals surface area contributed by atoms with Gasteiger partial charge in [-0.3, -0.25) is 4.90 Å². The summed E-state index contributed by atoms with van der Waals surface area (Å²) in [6, 6.07) is 2.49. The van der Waals surface area contributed by atoms with Crippen LogP contribution in [0.2, 0.25) is 0 Å². The third-order valence-corrected chi connectivity index (χ3v) is 2.73. The van der Waals surface area contributed by atoms with Crippen molar-refractivity contribution >= 4 is 5.97 Å². The van der Waals surface area contributed by atoms with Crippen molar-refractivity contribution in [3.63, 3.8) is 0 Å². The van der Waals surface area contributed by atoms with Crippen molar-refractivity contribution in [2.24, 2.45) is 0 Å². The molecular formula is C12H17F2NO4. The first-order valence-corrected chi connectivity index (χ1v) is 5.80. The molecule has 0 amide bonds. The van der Waals surface area contributed by atoms with Gasteiger partial charge in [0.05, 0.1) is 26.3 Å². The molecule has 0 aliphatic heterocycles. The number of aliphatic hydroxyl groups is 1. The minimum absolute atomic E-state index is 0.0188. The van der Waals surface area contributed by atoms with E-state index in [0.29, 0.717) is 5.76 Å². The Morgan fingerprint density at radius 3 is 2.74 bits per heavy atom. The smallest absolute Gasteiger partial charge is 0.373 e. The van der Waals surface area contributed by atoms with Gasteiger partial charge in [-0.2, -0.15) is 0 Å². The minimum atomic E-state index is -2.51. The van der Waals surface area contributed by atoms with E-state index in [0.717, 1.165) is 0 Å². The number of carbonyl (C=O) groups is 1. The molecule has 1 heterocycles. The number of hydrogen-bond donors (Lipinski definition) is 1. The zero-order chi connectivity index (χ0) is 14.4. The molecule has 0 bridgehead atoms. The molecule has 7 heteroatoms. The van der Waals surface area contributed by atoms with E-state index in [1.807, 2.05) is 0 Å². The topological polar surface area (TPSA) is 62.9 Å². The molecule has 19 heavy (non-hydrogen) atoms. The number of esters is 1. The van der Waals surface area contributed by atoms with Gasteiger partial charge in [0.25, 0.3) is 6.43 Å². The molecule has 0 spiro atoms. The number of furan rings is 1. The van der Waals surface area contributed by atoms with E-state index in [2.05, 4.69) is 4.74 Å². The summed E-state index contributed by atoms with van der Waals surface area (Å²) in [5.74, 6) is -0.235. The standard InChI is InChI=1S/C12H17F2NO4/c1-8(15(5-6-16)7-11(13)14)9-3-4-10(19-9)12(17)18-2/h3-4,8,11,16H,5-7H2,1-2H3. The molecule has 0 fully saturated rings. The molecule has 108 valence electrons. The van der Waals surface area contributed by atoms with Gasteiger partial charge in [0.1, 0.15) is 5.76 Å². The third kappa shape index (κ3) is 4.29. The number of aliphatic hydroxyl groups excluding tert-OH is 1. The van der Waals surface area contributed by atoms with Gasteiger partial charge in [0, 0.05) is 6.54 Å². The highest BCUT2D eigenvalue weighted by Crippen LogP contribution is 2.23. The molecule has 1 unspecified atom stereocenters. The van der Waals surface area contributed by atoms with Crippen LogP contribution >= 0.6 is 0 Å². The average Bonchev–Trinajstić information content (AvgIpc) is 2.85. The number of methoxy groups -OCH3 is 1. The average molecular weight is 277 g/mol. The fraction of sp³-hybridized carbons (Fsp3) is 0.583. The molecule has 0 aromatic carbocycles. The number of halogens is 2. The van der Waals surface area contributed by atoms with E-state index in [4.69, 9.17) is 9.52 Å². The summed E-state index contributed by atoms with van der Waals surface area (Å²) in [5.41, 5.74) is 0.